The molecule has 0 bridgehead atoms. The fourth-order valence-electron chi connectivity index (χ4n) is 3.37. The Balaban J connectivity index is 0.000000134. The molecule has 3 heterocycles. The van der Waals surface area contributed by atoms with Gasteiger partial charge in [-0.25, -0.2) is 4.79 Å². The average Bonchev–Trinajstić information content (AvgIpc) is 2.83. The lowest BCUT2D eigenvalue weighted by atomic mass is 10.2. The van der Waals surface area contributed by atoms with Crippen LogP contribution in [0.3, 0.4) is 0 Å². The van der Waals surface area contributed by atoms with Crippen LogP contribution >= 0.6 is 11.8 Å². The molecule has 5 heteroatoms. The van der Waals surface area contributed by atoms with Crippen LogP contribution in [0.1, 0.15) is 0 Å². The molecule has 2 aromatic heterocycles. The number of nitrogens with zero attached hydrogens (tertiary/aromatic N) is 1. The van der Waals surface area contributed by atoms with Crippen LogP contribution in [0, 0.1) is 0 Å². The molecule has 3 aromatic carbocycles. The van der Waals surface area contributed by atoms with Crippen LogP contribution < -0.4 is 15.5 Å². The van der Waals surface area contributed by atoms with Gasteiger partial charge in [-0.1, -0.05) is 60.3 Å². The highest BCUT2D eigenvalue weighted by Crippen LogP contribution is 2.43. The molecule has 0 amide bonds. The van der Waals surface area contributed by atoms with Crippen molar-refractivity contribution < 1.29 is 8.98 Å². The molecule has 6 rings (SSSR count). The van der Waals surface area contributed by atoms with E-state index in [0.29, 0.717) is 11.3 Å². The molecule has 0 saturated carbocycles. The average molecular weight is 424 g/mol. The van der Waals surface area contributed by atoms with Gasteiger partial charge >= 0.3 is 5.63 Å². The second-order valence-electron chi connectivity index (χ2n) is 6.96. The molecule has 4 nitrogen and oxygen atoms in total. The molecule has 0 atom stereocenters. The molecular formula is C26H19N2O2S+. The number of hydrogen-bond donors (Lipinski definition) is 1. The SMILES string of the molecule is O=c1oc2ccccc2cc1-[n+]1ccccc1.c1ccc2c(c1)Nc1ccccc1S2. The molecule has 0 fully saturated rings. The topological polar surface area (TPSA) is 46.1 Å². The standard InChI is InChI=1S/C14H10NO2.C12H9NS/c16-14-12(15-8-4-1-5-9-15)10-11-6-2-3-7-13(11)17-14;1-3-7-11-9(5-1)13-10-6-2-4-8-12(10)14-11/h1-10H;1-8,13H/q+1;. The monoisotopic (exact) mass is 423 g/mol. The number of fused-ring (bicyclic) bond motifs is 3. The predicted molar refractivity (Wildman–Crippen MR) is 124 cm³/mol. The van der Waals surface area contributed by atoms with Crippen LogP contribution in [0.2, 0.25) is 0 Å². The maximum atomic E-state index is 11.8. The van der Waals surface area contributed by atoms with Gasteiger partial charge in [0.15, 0.2) is 12.4 Å². The number of aromatic nitrogens is 1. The second kappa shape index (κ2) is 8.50. The molecule has 0 unspecified atom stereocenters. The van der Waals surface area contributed by atoms with Crippen LogP contribution in [-0.2, 0) is 0 Å². The first-order valence-corrected chi connectivity index (χ1v) is 10.7. The van der Waals surface area contributed by atoms with Gasteiger partial charge in [0, 0.05) is 33.4 Å². The number of anilines is 2. The molecule has 5 aromatic rings. The Labute approximate surface area is 183 Å². The third-order valence-electron chi connectivity index (χ3n) is 4.88. The van der Waals surface area contributed by atoms with Crippen LogP contribution in [0.5, 0.6) is 0 Å². The van der Waals surface area contributed by atoms with Gasteiger partial charge in [0.2, 0.25) is 0 Å². The summed E-state index contributed by atoms with van der Waals surface area (Å²) in [7, 11) is 0. The van der Waals surface area contributed by atoms with E-state index in [-0.39, 0.29) is 5.63 Å². The zero-order chi connectivity index (χ0) is 21.0. The normalized spacial score (nSPS) is 11.5. The third kappa shape index (κ3) is 4.09. The van der Waals surface area contributed by atoms with E-state index in [1.165, 1.54) is 21.2 Å². The number of pyridine rings is 1. The quantitative estimate of drug-likeness (QED) is 0.262. The Morgan fingerprint density at radius 2 is 1.32 bits per heavy atom. The van der Waals surface area contributed by atoms with Crippen molar-refractivity contribution in [2.24, 2.45) is 0 Å². The Kier molecular flexibility index (Phi) is 5.25. The van der Waals surface area contributed by atoms with Gasteiger partial charge in [-0.3, -0.25) is 0 Å². The van der Waals surface area contributed by atoms with E-state index in [2.05, 4.69) is 53.8 Å². The summed E-state index contributed by atoms with van der Waals surface area (Å²) in [5.74, 6) is 0. The van der Waals surface area contributed by atoms with Gasteiger partial charge < -0.3 is 9.73 Å². The van der Waals surface area contributed by atoms with Crippen LogP contribution in [0.15, 0.2) is 128 Å². The lowest BCUT2D eigenvalue weighted by Crippen LogP contribution is -2.35. The molecule has 1 aliphatic rings. The highest BCUT2D eigenvalue weighted by molar-refractivity contribution is 7.99. The van der Waals surface area contributed by atoms with Crippen molar-refractivity contribution >= 4 is 34.1 Å². The van der Waals surface area contributed by atoms with E-state index in [9.17, 15) is 4.79 Å². The predicted octanol–water partition coefficient (Wildman–Crippen LogP) is 5.96. The Morgan fingerprint density at radius 1 is 0.710 bits per heavy atom. The van der Waals surface area contributed by atoms with Gasteiger partial charge in [-0.15, -0.1) is 0 Å². The summed E-state index contributed by atoms with van der Waals surface area (Å²) in [6, 6.07) is 31.7. The molecule has 150 valence electrons. The van der Waals surface area contributed by atoms with Gasteiger partial charge in [0.25, 0.3) is 5.69 Å². The van der Waals surface area contributed by atoms with E-state index >= 15 is 0 Å². The van der Waals surface area contributed by atoms with Crippen molar-refractivity contribution in [3.8, 4) is 5.69 Å². The highest BCUT2D eigenvalue weighted by atomic mass is 32.2. The first kappa shape index (κ1) is 19.2. The molecular weight excluding hydrogens is 404 g/mol. The number of para-hydroxylation sites is 3. The maximum absolute atomic E-state index is 11.8. The molecule has 1 N–H and O–H groups in total. The summed E-state index contributed by atoms with van der Waals surface area (Å²) < 4.78 is 7.02. The zero-order valence-corrected chi connectivity index (χ0v) is 17.4. The lowest BCUT2D eigenvalue weighted by molar-refractivity contribution is -0.597. The first-order valence-electron chi connectivity index (χ1n) is 9.90. The van der Waals surface area contributed by atoms with E-state index in [0.717, 1.165) is 5.39 Å². The Morgan fingerprint density at radius 3 is 2.03 bits per heavy atom. The van der Waals surface area contributed by atoms with E-state index in [1.54, 1.807) is 10.6 Å². The number of rotatable bonds is 1. The van der Waals surface area contributed by atoms with Gasteiger partial charge in [-0.05, 0) is 30.3 Å². The minimum atomic E-state index is -0.333. The summed E-state index contributed by atoms with van der Waals surface area (Å²) in [6.45, 7) is 0. The van der Waals surface area contributed by atoms with Crippen molar-refractivity contribution in [1.29, 1.82) is 0 Å². The molecule has 1 aliphatic heterocycles. The fraction of sp³-hybridized carbons (Fsp3) is 0. The second-order valence-corrected chi connectivity index (χ2v) is 8.04. The summed E-state index contributed by atoms with van der Waals surface area (Å²) >= 11 is 1.82. The first-order chi connectivity index (χ1) is 15.3. The Bertz CT molecular complexity index is 1330. The number of benzene rings is 3. The number of hydrogen-bond acceptors (Lipinski definition) is 4. The maximum Gasteiger partial charge on any atom is 0.409 e. The molecule has 0 saturated heterocycles. The van der Waals surface area contributed by atoms with Crippen molar-refractivity contribution in [2.45, 2.75) is 9.79 Å². The smallest absolute Gasteiger partial charge is 0.409 e. The minimum Gasteiger partial charge on any atom is -0.418 e. The summed E-state index contributed by atoms with van der Waals surface area (Å²) in [4.78, 5) is 14.4. The summed E-state index contributed by atoms with van der Waals surface area (Å²) in [6.07, 6.45) is 3.64. The van der Waals surface area contributed by atoms with Crippen molar-refractivity contribution in [1.82, 2.24) is 0 Å². The van der Waals surface area contributed by atoms with Crippen molar-refractivity contribution in [2.75, 3.05) is 5.32 Å². The van der Waals surface area contributed by atoms with Crippen LogP contribution in [0.25, 0.3) is 16.7 Å². The highest BCUT2D eigenvalue weighted by Gasteiger charge is 2.14. The molecule has 31 heavy (non-hydrogen) atoms. The van der Waals surface area contributed by atoms with E-state index in [1.807, 2.05) is 66.6 Å². The largest absolute Gasteiger partial charge is 0.418 e. The van der Waals surface area contributed by atoms with Crippen LogP contribution in [-0.4, -0.2) is 0 Å². The summed E-state index contributed by atoms with van der Waals surface area (Å²) in [5.41, 5.74) is 3.20. The van der Waals surface area contributed by atoms with Gasteiger partial charge in [-0.2, -0.15) is 4.57 Å². The lowest BCUT2D eigenvalue weighted by Gasteiger charge is -2.19. The van der Waals surface area contributed by atoms with Gasteiger partial charge in [0.1, 0.15) is 5.58 Å². The van der Waals surface area contributed by atoms with Crippen molar-refractivity contribution in [3.05, 3.63) is 120 Å². The third-order valence-corrected chi connectivity index (χ3v) is 6.03. The minimum absolute atomic E-state index is 0.333. The van der Waals surface area contributed by atoms with E-state index < -0.39 is 0 Å². The molecule has 0 spiro atoms. The fourth-order valence-corrected chi connectivity index (χ4v) is 4.36. The number of nitrogens with one attached hydrogen (secondary N) is 1. The molecule has 0 aliphatic carbocycles. The van der Waals surface area contributed by atoms with E-state index in [4.69, 9.17) is 4.42 Å². The van der Waals surface area contributed by atoms with Crippen LogP contribution in [0.4, 0.5) is 11.4 Å². The van der Waals surface area contributed by atoms with Gasteiger partial charge in [0.05, 0.1) is 11.4 Å². The molecule has 0 radical (unpaired) electrons. The summed E-state index contributed by atoms with van der Waals surface area (Å²) in [5, 5.41) is 4.33. The zero-order valence-electron chi connectivity index (χ0n) is 16.6. The van der Waals surface area contributed by atoms with Crippen molar-refractivity contribution in [3.63, 3.8) is 0 Å². The Hall–Kier alpha value is -3.83.